The van der Waals surface area contributed by atoms with Crippen LogP contribution in [0.25, 0.3) is 22.3 Å². The Morgan fingerprint density at radius 1 is 1.00 bits per heavy atom. The second kappa shape index (κ2) is 13.7. The summed E-state index contributed by atoms with van der Waals surface area (Å²) in [5, 5.41) is 17.5. The minimum absolute atomic E-state index is 0.0238. The van der Waals surface area contributed by atoms with Gasteiger partial charge in [0.05, 0.1) is 29.2 Å². The number of aromatic nitrogens is 2. The predicted octanol–water partition coefficient (Wildman–Crippen LogP) is 7.00. The highest BCUT2D eigenvalue weighted by Crippen LogP contribution is 2.51. The van der Waals surface area contributed by atoms with E-state index in [1.54, 1.807) is 30.4 Å². The Kier molecular flexibility index (Phi) is 9.39. The summed E-state index contributed by atoms with van der Waals surface area (Å²) in [6, 6.07) is 5.73. The van der Waals surface area contributed by atoms with E-state index >= 15 is 0 Å². The SMILES string of the molecule is COc1ccc2c(O/C3=C/CCCCN(C)C(=O)C4CCCC4C(=O)NC4(C(=O)O)CC34)cc(-c3csc(C4CCCCC4)n3)nc2c1C. The Hall–Kier alpha value is -3.99. The molecule has 10 nitrogen and oxygen atoms in total. The molecule has 4 unspecified atom stereocenters. The average Bonchev–Trinajstić information content (AvgIpc) is 3.41. The number of carboxylic acid groups (broad SMARTS) is 1. The number of carboxylic acids is 1. The molecule has 49 heavy (non-hydrogen) atoms. The summed E-state index contributed by atoms with van der Waals surface area (Å²) < 4.78 is 12.5. The van der Waals surface area contributed by atoms with E-state index in [2.05, 4.69) is 10.7 Å². The van der Waals surface area contributed by atoms with Crippen LogP contribution in [0.1, 0.15) is 93.5 Å². The van der Waals surface area contributed by atoms with Crippen LogP contribution in [0.15, 0.2) is 35.4 Å². The van der Waals surface area contributed by atoms with Gasteiger partial charge in [0.25, 0.3) is 0 Å². The van der Waals surface area contributed by atoms with Crippen LogP contribution in [0, 0.1) is 24.7 Å². The molecule has 7 rings (SSSR count). The van der Waals surface area contributed by atoms with Crippen molar-refractivity contribution in [2.24, 2.45) is 17.8 Å². The van der Waals surface area contributed by atoms with E-state index in [9.17, 15) is 19.5 Å². The maximum absolute atomic E-state index is 13.7. The summed E-state index contributed by atoms with van der Waals surface area (Å²) in [7, 11) is 3.44. The van der Waals surface area contributed by atoms with E-state index in [1.165, 1.54) is 19.3 Å². The van der Waals surface area contributed by atoms with Crippen molar-refractivity contribution in [1.82, 2.24) is 20.2 Å². The molecule has 3 aliphatic carbocycles. The first-order valence-corrected chi connectivity index (χ1v) is 18.7. The molecule has 11 heteroatoms. The standard InChI is InChI=1S/C38H46N4O6S/c1-22-30(47-3)17-16-26-32(19-28(39-33(22)26)29-21-49-35(40-29)23-11-6-4-7-12-23)48-31-15-8-5-9-18-42(2)36(44)25-14-10-13-24(25)34(43)41-38(37(45)46)20-27(31)38/h15-17,19,21,23-25,27H,4-14,18,20H2,1-3H3,(H,41,43)(H,45,46)/b31-15+. The molecule has 1 aromatic carbocycles. The van der Waals surface area contributed by atoms with Gasteiger partial charge in [-0.15, -0.1) is 11.3 Å². The number of hydrogen-bond acceptors (Lipinski definition) is 8. The zero-order valence-corrected chi connectivity index (χ0v) is 29.4. The molecule has 0 radical (unpaired) electrons. The van der Waals surface area contributed by atoms with Crippen molar-refractivity contribution in [2.75, 3.05) is 20.7 Å². The van der Waals surface area contributed by atoms with Crippen molar-refractivity contribution < 1.29 is 29.0 Å². The fourth-order valence-corrected chi connectivity index (χ4v) is 9.17. The summed E-state index contributed by atoms with van der Waals surface area (Å²) >= 11 is 1.68. The number of nitrogens with zero attached hydrogens (tertiary/aromatic N) is 3. The maximum Gasteiger partial charge on any atom is 0.330 e. The van der Waals surface area contributed by atoms with Gasteiger partial charge in [-0.25, -0.2) is 14.8 Å². The molecule has 4 aliphatic rings. The zero-order chi connectivity index (χ0) is 34.3. The third kappa shape index (κ3) is 6.42. The van der Waals surface area contributed by atoms with Crippen molar-refractivity contribution in [3.63, 3.8) is 0 Å². The van der Waals surface area contributed by atoms with Gasteiger partial charge in [0.2, 0.25) is 11.8 Å². The number of benzene rings is 1. The topological polar surface area (TPSA) is 131 Å². The van der Waals surface area contributed by atoms with Crippen LogP contribution in [-0.2, 0) is 14.4 Å². The summed E-state index contributed by atoms with van der Waals surface area (Å²) in [5.41, 5.74) is 1.59. The minimum atomic E-state index is -1.50. The zero-order valence-electron chi connectivity index (χ0n) is 28.6. The molecule has 4 atom stereocenters. The summed E-state index contributed by atoms with van der Waals surface area (Å²) in [6.07, 6.45) is 12.5. The summed E-state index contributed by atoms with van der Waals surface area (Å²) in [4.78, 5) is 51.7. The largest absolute Gasteiger partial charge is 0.496 e. The van der Waals surface area contributed by atoms with Crippen molar-refractivity contribution >= 4 is 40.0 Å². The first-order chi connectivity index (χ1) is 23.7. The minimum Gasteiger partial charge on any atom is -0.496 e. The lowest BCUT2D eigenvalue weighted by Crippen LogP contribution is -2.49. The molecule has 1 aliphatic heterocycles. The van der Waals surface area contributed by atoms with Gasteiger partial charge in [-0.3, -0.25) is 9.59 Å². The van der Waals surface area contributed by atoms with Gasteiger partial charge >= 0.3 is 5.97 Å². The molecule has 3 fully saturated rings. The highest BCUT2D eigenvalue weighted by Gasteiger charge is 2.65. The third-order valence-electron chi connectivity index (χ3n) is 11.2. The van der Waals surface area contributed by atoms with Crippen molar-refractivity contribution in [3.05, 3.63) is 46.0 Å². The fourth-order valence-electron chi connectivity index (χ4n) is 8.19. The summed E-state index contributed by atoms with van der Waals surface area (Å²) in [5.74, 6) is -0.714. The van der Waals surface area contributed by atoms with Gasteiger partial charge in [0.1, 0.15) is 28.5 Å². The highest BCUT2D eigenvalue weighted by atomic mass is 32.1. The van der Waals surface area contributed by atoms with Crippen LogP contribution in [0.3, 0.4) is 0 Å². The number of carbonyl (C=O) groups is 3. The number of amides is 2. The Labute approximate surface area is 291 Å². The lowest BCUT2D eigenvalue weighted by atomic mass is 9.90. The smallest absolute Gasteiger partial charge is 0.330 e. The van der Waals surface area contributed by atoms with Crippen LogP contribution in [0.2, 0.25) is 0 Å². The third-order valence-corrected chi connectivity index (χ3v) is 12.2. The van der Waals surface area contributed by atoms with Crippen LogP contribution < -0.4 is 14.8 Å². The number of fused-ring (bicyclic) bond motifs is 3. The quantitative estimate of drug-likeness (QED) is 0.283. The lowest BCUT2D eigenvalue weighted by molar-refractivity contribution is -0.145. The molecule has 260 valence electrons. The van der Waals surface area contributed by atoms with Crippen molar-refractivity contribution in [1.29, 1.82) is 0 Å². The van der Waals surface area contributed by atoms with Crippen LogP contribution in [0.4, 0.5) is 0 Å². The van der Waals surface area contributed by atoms with Crippen LogP contribution in [-0.4, -0.2) is 64.0 Å². The number of aliphatic carboxylic acids is 1. The highest BCUT2D eigenvalue weighted by molar-refractivity contribution is 7.10. The molecule has 3 heterocycles. The number of thiazole rings is 1. The maximum atomic E-state index is 13.7. The molecule has 2 N–H and O–H groups in total. The monoisotopic (exact) mass is 686 g/mol. The van der Waals surface area contributed by atoms with E-state index < -0.39 is 29.3 Å². The number of hydrogen-bond donors (Lipinski definition) is 2. The number of aryl methyl sites for hydroxylation is 1. The number of ether oxygens (including phenoxy) is 2. The average molecular weight is 687 g/mol. The van der Waals surface area contributed by atoms with Gasteiger partial charge in [-0.05, 0) is 76.5 Å². The second-order valence-corrected chi connectivity index (χ2v) is 15.2. The number of methoxy groups -OCH3 is 1. The Bertz CT molecular complexity index is 1800. The molecular weight excluding hydrogens is 641 g/mol. The molecule has 2 amide bonds. The number of rotatable bonds is 6. The van der Waals surface area contributed by atoms with E-state index in [0.29, 0.717) is 54.7 Å². The van der Waals surface area contributed by atoms with Crippen LogP contribution >= 0.6 is 11.3 Å². The molecular formula is C38H46N4O6S. The number of pyridine rings is 1. The lowest BCUT2D eigenvalue weighted by Gasteiger charge is -2.26. The fraction of sp³-hybridized carbons (Fsp3) is 0.553. The predicted molar refractivity (Wildman–Crippen MR) is 188 cm³/mol. The normalized spacial score (nSPS) is 27.8. The molecule has 3 saturated carbocycles. The van der Waals surface area contributed by atoms with Crippen molar-refractivity contribution in [3.8, 4) is 22.9 Å². The van der Waals surface area contributed by atoms with Gasteiger partial charge in [-0.2, -0.15) is 0 Å². The van der Waals surface area contributed by atoms with E-state index in [1.807, 2.05) is 31.2 Å². The van der Waals surface area contributed by atoms with Gasteiger partial charge in [-0.1, -0.05) is 25.7 Å². The van der Waals surface area contributed by atoms with E-state index in [0.717, 1.165) is 59.3 Å². The molecule has 0 bridgehead atoms. The summed E-state index contributed by atoms with van der Waals surface area (Å²) in [6.45, 7) is 2.58. The van der Waals surface area contributed by atoms with Gasteiger partial charge in [0.15, 0.2) is 0 Å². The first kappa shape index (κ1) is 33.5. The van der Waals surface area contributed by atoms with Crippen molar-refractivity contribution in [2.45, 2.75) is 95.4 Å². The molecule has 0 spiro atoms. The number of carbonyl (C=O) groups excluding carboxylic acids is 2. The Balaban J connectivity index is 1.26. The molecule has 0 saturated heterocycles. The van der Waals surface area contributed by atoms with Crippen LogP contribution in [0.5, 0.6) is 11.5 Å². The van der Waals surface area contributed by atoms with E-state index in [-0.39, 0.29) is 18.2 Å². The Morgan fingerprint density at radius 3 is 2.57 bits per heavy atom. The van der Waals surface area contributed by atoms with Gasteiger partial charge < -0.3 is 24.8 Å². The second-order valence-electron chi connectivity index (χ2n) is 14.3. The molecule has 3 aromatic rings. The Morgan fingerprint density at radius 2 is 1.80 bits per heavy atom. The first-order valence-electron chi connectivity index (χ1n) is 17.8. The van der Waals surface area contributed by atoms with E-state index in [4.69, 9.17) is 19.4 Å². The molecule has 2 aromatic heterocycles. The number of nitrogens with one attached hydrogen (secondary N) is 1. The number of allylic oxidation sites excluding steroid dienone is 1. The van der Waals surface area contributed by atoms with Gasteiger partial charge in [0, 0.05) is 53.7 Å².